The van der Waals surface area contributed by atoms with Crippen molar-refractivity contribution in [3.8, 4) is 5.75 Å². The maximum atomic E-state index is 5.91. The standard InChI is InChI=1S/C15H17N3OS/c1-2-16-9-12-5-3-4-6-14(12)19-11-13-10-18-7-8-20-15(18)17-13/h3-8,10,16H,2,9,11H2,1H3. The lowest BCUT2D eigenvalue weighted by molar-refractivity contribution is 0.298. The van der Waals surface area contributed by atoms with Crippen molar-refractivity contribution >= 4 is 16.3 Å². The minimum absolute atomic E-state index is 0.498. The molecule has 0 bridgehead atoms. The van der Waals surface area contributed by atoms with E-state index in [4.69, 9.17) is 4.74 Å². The molecule has 5 heteroatoms. The summed E-state index contributed by atoms with van der Waals surface area (Å²) in [5, 5.41) is 5.35. The molecule has 4 nitrogen and oxygen atoms in total. The average Bonchev–Trinajstić information content (AvgIpc) is 3.04. The van der Waals surface area contributed by atoms with Crippen LogP contribution < -0.4 is 10.1 Å². The molecule has 1 N–H and O–H groups in total. The summed E-state index contributed by atoms with van der Waals surface area (Å²) in [6.07, 6.45) is 4.02. The quantitative estimate of drug-likeness (QED) is 0.757. The van der Waals surface area contributed by atoms with Gasteiger partial charge in [0.05, 0.1) is 5.69 Å². The Kier molecular flexibility index (Phi) is 3.99. The lowest BCUT2D eigenvalue weighted by Gasteiger charge is -2.10. The van der Waals surface area contributed by atoms with Crippen molar-refractivity contribution in [3.05, 3.63) is 53.3 Å². The number of hydrogen-bond acceptors (Lipinski definition) is 4. The minimum atomic E-state index is 0.498. The van der Waals surface area contributed by atoms with Crippen LogP contribution in [0.1, 0.15) is 18.2 Å². The highest BCUT2D eigenvalue weighted by atomic mass is 32.1. The van der Waals surface area contributed by atoms with Crippen molar-refractivity contribution in [1.29, 1.82) is 0 Å². The van der Waals surface area contributed by atoms with Gasteiger partial charge in [-0.25, -0.2) is 4.98 Å². The second-order valence-electron chi connectivity index (χ2n) is 4.50. The number of nitrogens with zero attached hydrogens (tertiary/aromatic N) is 2. The fourth-order valence-corrected chi connectivity index (χ4v) is 2.77. The van der Waals surface area contributed by atoms with Gasteiger partial charge in [-0.2, -0.15) is 0 Å². The molecule has 3 aromatic rings. The molecule has 0 fully saturated rings. The molecule has 0 atom stereocenters. The normalized spacial score (nSPS) is 11.1. The molecule has 0 saturated heterocycles. The average molecular weight is 287 g/mol. The molecule has 0 saturated carbocycles. The molecule has 1 aromatic carbocycles. The number of rotatable bonds is 6. The first kappa shape index (κ1) is 13.1. The Morgan fingerprint density at radius 2 is 2.25 bits per heavy atom. The van der Waals surface area contributed by atoms with Gasteiger partial charge in [0.1, 0.15) is 12.4 Å². The number of hydrogen-bond donors (Lipinski definition) is 1. The summed E-state index contributed by atoms with van der Waals surface area (Å²) in [4.78, 5) is 5.52. The molecule has 0 aliphatic rings. The third-order valence-corrected chi connectivity index (χ3v) is 3.83. The van der Waals surface area contributed by atoms with E-state index in [0.29, 0.717) is 6.61 Å². The molecule has 0 aliphatic carbocycles. The minimum Gasteiger partial charge on any atom is -0.487 e. The van der Waals surface area contributed by atoms with Crippen LogP contribution in [-0.2, 0) is 13.2 Å². The molecule has 20 heavy (non-hydrogen) atoms. The van der Waals surface area contributed by atoms with E-state index in [2.05, 4.69) is 23.3 Å². The molecule has 104 valence electrons. The Hall–Kier alpha value is -1.85. The van der Waals surface area contributed by atoms with Crippen molar-refractivity contribution in [2.45, 2.75) is 20.1 Å². The van der Waals surface area contributed by atoms with Crippen LogP contribution in [0.15, 0.2) is 42.0 Å². The smallest absolute Gasteiger partial charge is 0.193 e. The van der Waals surface area contributed by atoms with E-state index >= 15 is 0 Å². The van der Waals surface area contributed by atoms with Gasteiger partial charge in [0.2, 0.25) is 0 Å². The van der Waals surface area contributed by atoms with Crippen LogP contribution in [0.2, 0.25) is 0 Å². The first-order valence-electron chi connectivity index (χ1n) is 6.69. The van der Waals surface area contributed by atoms with Gasteiger partial charge in [0, 0.05) is 29.9 Å². The number of para-hydroxylation sites is 1. The van der Waals surface area contributed by atoms with Gasteiger partial charge in [-0.3, -0.25) is 4.40 Å². The summed E-state index contributed by atoms with van der Waals surface area (Å²) >= 11 is 1.63. The molecule has 0 radical (unpaired) electrons. The van der Waals surface area contributed by atoms with E-state index < -0.39 is 0 Å². The Balaban J connectivity index is 1.69. The first-order valence-corrected chi connectivity index (χ1v) is 7.57. The maximum absolute atomic E-state index is 5.91. The van der Waals surface area contributed by atoms with Gasteiger partial charge in [-0.15, -0.1) is 11.3 Å². The fraction of sp³-hybridized carbons (Fsp3) is 0.267. The maximum Gasteiger partial charge on any atom is 0.193 e. The lowest BCUT2D eigenvalue weighted by Crippen LogP contribution is -2.12. The SMILES string of the molecule is CCNCc1ccccc1OCc1cn2ccsc2n1. The number of nitrogens with one attached hydrogen (secondary N) is 1. The zero-order valence-corrected chi connectivity index (χ0v) is 12.2. The highest BCUT2D eigenvalue weighted by molar-refractivity contribution is 7.15. The molecule has 3 rings (SSSR count). The van der Waals surface area contributed by atoms with E-state index in [1.165, 1.54) is 5.56 Å². The number of fused-ring (bicyclic) bond motifs is 1. The van der Waals surface area contributed by atoms with Crippen LogP contribution in [0.25, 0.3) is 4.96 Å². The van der Waals surface area contributed by atoms with Crippen LogP contribution in [-0.4, -0.2) is 15.9 Å². The molecule has 0 unspecified atom stereocenters. The van der Waals surface area contributed by atoms with E-state index in [1.807, 2.05) is 40.4 Å². The van der Waals surface area contributed by atoms with Gasteiger partial charge in [-0.1, -0.05) is 25.1 Å². The zero-order valence-electron chi connectivity index (χ0n) is 11.4. The summed E-state index contributed by atoms with van der Waals surface area (Å²) in [5.41, 5.74) is 2.13. The van der Waals surface area contributed by atoms with Crippen molar-refractivity contribution < 1.29 is 4.74 Å². The summed E-state index contributed by atoms with van der Waals surface area (Å²) in [5.74, 6) is 0.921. The summed E-state index contributed by atoms with van der Waals surface area (Å²) in [6.45, 7) is 4.37. The van der Waals surface area contributed by atoms with Crippen LogP contribution in [0.3, 0.4) is 0 Å². The molecule has 0 amide bonds. The second kappa shape index (κ2) is 6.07. The molecule has 2 aromatic heterocycles. The molecule has 2 heterocycles. The Morgan fingerprint density at radius 1 is 1.35 bits per heavy atom. The van der Waals surface area contributed by atoms with Gasteiger partial charge in [-0.05, 0) is 12.6 Å². The van der Waals surface area contributed by atoms with E-state index in [0.717, 1.165) is 29.5 Å². The zero-order chi connectivity index (χ0) is 13.8. The van der Waals surface area contributed by atoms with Gasteiger partial charge < -0.3 is 10.1 Å². The Bertz CT molecular complexity index is 661. The van der Waals surface area contributed by atoms with E-state index in [1.54, 1.807) is 11.3 Å². The fourth-order valence-electron chi connectivity index (χ4n) is 2.05. The second-order valence-corrected chi connectivity index (χ2v) is 5.37. The highest BCUT2D eigenvalue weighted by Gasteiger charge is 2.06. The summed E-state index contributed by atoms with van der Waals surface area (Å²) < 4.78 is 7.93. The number of benzene rings is 1. The van der Waals surface area contributed by atoms with Crippen LogP contribution in [0.4, 0.5) is 0 Å². The number of thiazole rings is 1. The molecule has 0 spiro atoms. The van der Waals surface area contributed by atoms with Crippen molar-refractivity contribution in [2.24, 2.45) is 0 Å². The van der Waals surface area contributed by atoms with E-state index in [-0.39, 0.29) is 0 Å². The topological polar surface area (TPSA) is 38.6 Å². The number of imidazole rings is 1. The molecule has 0 aliphatic heterocycles. The van der Waals surface area contributed by atoms with Crippen LogP contribution in [0.5, 0.6) is 5.75 Å². The lowest BCUT2D eigenvalue weighted by atomic mass is 10.2. The van der Waals surface area contributed by atoms with Crippen molar-refractivity contribution in [1.82, 2.24) is 14.7 Å². The number of ether oxygens (including phenoxy) is 1. The predicted molar refractivity (Wildman–Crippen MR) is 81.2 cm³/mol. The van der Waals surface area contributed by atoms with Crippen molar-refractivity contribution in [3.63, 3.8) is 0 Å². The van der Waals surface area contributed by atoms with Gasteiger partial charge >= 0.3 is 0 Å². The first-order chi connectivity index (χ1) is 9.86. The predicted octanol–water partition coefficient (Wildman–Crippen LogP) is 3.08. The van der Waals surface area contributed by atoms with Gasteiger partial charge in [0.25, 0.3) is 0 Å². The monoisotopic (exact) mass is 287 g/mol. The highest BCUT2D eigenvalue weighted by Crippen LogP contribution is 2.19. The van der Waals surface area contributed by atoms with Gasteiger partial charge in [0.15, 0.2) is 4.96 Å². The van der Waals surface area contributed by atoms with Crippen molar-refractivity contribution in [2.75, 3.05) is 6.54 Å². The Labute approximate surface area is 122 Å². The van der Waals surface area contributed by atoms with E-state index in [9.17, 15) is 0 Å². The Morgan fingerprint density at radius 3 is 3.10 bits per heavy atom. The third-order valence-electron chi connectivity index (χ3n) is 3.06. The molecular weight excluding hydrogens is 270 g/mol. The molecular formula is C15H17N3OS. The van der Waals surface area contributed by atoms with Crippen LogP contribution >= 0.6 is 11.3 Å². The number of aromatic nitrogens is 2. The summed E-state index contributed by atoms with van der Waals surface area (Å²) in [6, 6.07) is 8.12. The summed E-state index contributed by atoms with van der Waals surface area (Å²) in [7, 11) is 0. The van der Waals surface area contributed by atoms with Crippen LogP contribution in [0, 0.1) is 0 Å². The third kappa shape index (κ3) is 2.84. The largest absolute Gasteiger partial charge is 0.487 e.